The van der Waals surface area contributed by atoms with Gasteiger partial charge in [0, 0.05) is 55.7 Å². The second kappa shape index (κ2) is 50.8. The summed E-state index contributed by atoms with van der Waals surface area (Å²) in [4.78, 5) is 204. The van der Waals surface area contributed by atoms with Gasteiger partial charge in [-0.15, -0.1) is 0 Å². The lowest BCUT2D eigenvalue weighted by Crippen LogP contribution is -2.62. The fraction of sp³-hybridized carbons (Fsp3) is 0.617. The molecule has 0 aliphatic carbocycles. The van der Waals surface area contributed by atoms with Crippen molar-refractivity contribution in [3.05, 3.63) is 84.1 Å². The van der Waals surface area contributed by atoms with Crippen LogP contribution in [0.15, 0.2) is 72.9 Å². The second-order valence-electron chi connectivity index (χ2n) is 30.7. The summed E-state index contributed by atoms with van der Waals surface area (Å²) < 4.78 is 0. The number of aliphatic hydroxyl groups is 3. The molecule has 0 bridgehead atoms. The fourth-order valence-electron chi connectivity index (χ4n) is 13.3. The van der Waals surface area contributed by atoms with Crippen LogP contribution in [0.1, 0.15) is 208 Å². The quantitative estimate of drug-likeness (QED) is 0.0284. The van der Waals surface area contributed by atoms with Gasteiger partial charge in [-0.2, -0.15) is 0 Å². The summed E-state index contributed by atoms with van der Waals surface area (Å²) in [6, 6.07) is -0.0788. The van der Waals surface area contributed by atoms with Gasteiger partial charge in [0.1, 0.15) is 66.5 Å². The van der Waals surface area contributed by atoms with E-state index in [1.165, 1.54) is 18.7 Å². The number of nitrogens with zero attached hydrogens (tertiary/aromatic N) is 1. The highest BCUT2D eigenvalue weighted by Crippen LogP contribution is 2.23. The molecule has 34 nitrogen and oxygen atoms in total. The molecule has 638 valence electrons. The van der Waals surface area contributed by atoms with Crippen molar-refractivity contribution < 1.29 is 97.5 Å². The molecule has 0 radical (unpaired) electrons. The van der Waals surface area contributed by atoms with E-state index < -0.39 is 180 Å². The number of para-hydroxylation sites is 1. The number of carbonyl (C=O) groups is 15. The number of primary amides is 2. The van der Waals surface area contributed by atoms with E-state index >= 15 is 0 Å². The summed E-state index contributed by atoms with van der Waals surface area (Å²) in [5.41, 5.74) is 12.9. The number of hydrogen-bond acceptors (Lipinski definition) is 18. The van der Waals surface area contributed by atoms with Gasteiger partial charge in [-0.05, 0) is 119 Å². The number of fused-ring (bicyclic) bond motifs is 1. The molecule has 2 heterocycles. The number of H-pyrrole nitrogens is 1. The van der Waals surface area contributed by atoms with E-state index in [1.54, 1.807) is 84.1 Å². The molecule has 2 aromatic carbocycles. The number of amides is 13. The fourth-order valence-corrected chi connectivity index (χ4v) is 13.3. The number of carboxylic acids is 2. The van der Waals surface area contributed by atoms with Crippen molar-refractivity contribution in [2.75, 3.05) is 13.2 Å². The van der Waals surface area contributed by atoms with E-state index in [0.29, 0.717) is 56.2 Å². The van der Waals surface area contributed by atoms with E-state index in [1.807, 2.05) is 18.2 Å². The smallest absolute Gasteiger partial charge is 0.326 e. The molecular formula is C81H124N14O20. The van der Waals surface area contributed by atoms with Crippen LogP contribution in [0.2, 0.25) is 0 Å². The molecule has 0 unspecified atom stereocenters. The zero-order valence-electron chi connectivity index (χ0n) is 67.5. The van der Waals surface area contributed by atoms with Gasteiger partial charge < -0.3 is 100 Å². The number of benzene rings is 2. The minimum Gasteiger partial charge on any atom is -0.480 e. The molecule has 1 aromatic heterocycles. The normalized spacial score (nSPS) is 16.2. The molecule has 3 aromatic rings. The Hall–Kier alpha value is -10.4. The molecule has 1 saturated heterocycles. The van der Waals surface area contributed by atoms with Gasteiger partial charge in [-0.3, -0.25) is 62.3 Å². The molecule has 4 rings (SSSR count). The third kappa shape index (κ3) is 34.7. The number of hydrogen-bond donors (Lipinski definition) is 18. The Morgan fingerprint density at radius 1 is 0.496 bits per heavy atom. The van der Waals surface area contributed by atoms with E-state index in [9.17, 15) is 97.5 Å². The van der Waals surface area contributed by atoms with Gasteiger partial charge in [0.2, 0.25) is 76.8 Å². The van der Waals surface area contributed by atoms with Crippen molar-refractivity contribution in [2.24, 2.45) is 29.2 Å². The number of allylic oxidation sites excluding steroid dienone is 2. The predicted molar refractivity (Wildman–Crippen MR) is 426 cm³/mol. The largest absolute Gasteiger partial charge is 0.480 e. The minimum atomic E-state index is -1.70. The maximum absolute atomic E-state index is 14.2. The molecule has 13 amide bonds. The van der Waals surface area contributed by atoms with E-state index in [-0.39, 0.29) is 69.1 Å². The van der Waals surface area contributed by atoms with Gasteiger partial charge in [-0.1, -0.05) is 147 Å². The first-order chi connectivity index (χ1) is 54.5. The van der Waals surface area contributed by atoms with Crippen LogP contribution in [0, 0.1) is 17.8 Å². The summed E-state index contributed by atoms with van der Waals surface area (Å²) in [6.45, 7) is 12.3. The lowest BCUT2D eigenvalue weighted by atomic mass is 9.96. The number of aromatic amines is 1. The SMILES string of the molecule is CC[C@H](C)[C@H](NC(=O)[C@H](CCC(N)=O)NC(=O)[C@@H]1CCCN1C(=O)CCCCCCC/C=C/CCCCCCCC(=O)N[C@H](CO)C(=O)N[C@@H](C(=O)N[C@H](CC(C)C)C(=O)N[C@H](CC(N)=O)C(=O)N[C@H](Cc1ccccc1)C(=O)O)[C@H](C)O)C(=O)N[C@H](C(=O)N[C@@H](CC(C)C)C(=O)N[C@@H](Cc1c[nH]c2ccccc12)C(=O)O)[C@@H](C)O. The summed E-state index contributed by atoms with van der Waals surface area (Å²) in [5, 5.41) is 77.3. The first kappa shape index (κ1) is 97.0. The molecule has 1 fully saturated rings. The molecule has 34 heteroatoms. The van der Waals surface area contributed by atoms with Crippen molar-refractivity contribution >= 4 is 99.6 Å². The number of unbranched alkanes of at least 4 members (excludes halogenated alkanes) is 10. The van der Waals surface area contributed by atoms with Crippen LogP contribution in [-0.4, -0.2) is 216 Å². The summed E-state index contributed by atoms with van der Waals surface area (Å²) >= 11 is 0. The van der Waals surface area contributed by atoms with E-state index in [2.05, 4.69) is 70.3 Å². The number of rotatable bonds is 55. The van der Waals surface area contributed by atoms with Crippen molar-refractivity contribution in [1.82, 2.24) is 63.1 Å². The number of aliphatic carboxylic acids is 2. The number of carbonyl (C=O) groups excluding carboxylic acids is 13. The van der Waals surface area contributed by atoms with Gasteiger partial charge in [0.05, 0.1) is 25.2 Å². The lowest BCUT2D eigenvalue weighted by Gasteiger charge is -2.30. The van der Waals surface area contributed by atoms with Crippen LogP contribution < -0.4 is 64.6 Å². The third-order valence-corrected chi connectivity index (χ3v) is 20.0. The molecule has 0 saturated carbocycles. The Kier molecular flexibility index (Phi) is 42.8. The molecular weight excluding hydrogens is 1490 g/mol. The van der Waals surface area contributed by atoms with E-state index in [0.717, 1.165) is 68.7 Å². The summed E-state index contributed by atoms with van der Waals surface area (Å²) in [6.07, 6.45) is 12.5. The highest BCUT2D eigenvalue weighted by atomic mass is 16.4. The molecule has 20 N–H and O–H groups in total. The van der Waals surface area contributed by atoms with Gasteiger partial charge >= 0.3 is 11.9 Å². The van der Waals surface area contributed by atoms with Crippen molar-refractivity contribution in [3.63, 3.8) is 0 Å². The first-order valence-corrected chi connectivity index (χ1v) is 40.1. The van der Waals surface area contributed by atoms with E-state index in [4.69, 9.17) is 11.5 Å². The average molecular weight is 1610 g/mol. The zero-order chi connectivity index (χ0) is 85.4. The van der Waals surface area contributed by atoms with Gasteiger partial charge in [0.25, 0.3) is 0 Å². The number of nitrogens with one attached hydrogen (secondary N) is 11. The molecule has 115 heavy (non-hydrogen) atoms. The van der Waals surface area contributed by atoms with Crippen LogP contribution in [0.4, 0.5) is 0 Å². The number of likely N-dealkylation sites (tertiary alicyclic amines) is 1. The number of nitrogens with two attached hydrogens (primary N) is 2. The topological polar surface area (TPSA) is 549 Å². The van der Waals surface area contributed by atoms with Crippen LogP contribution in [0.3, 0.4) is 0 Å². The molecule has 1 aliphatic heterocycles. The predicted octanol–water partition coefficient (Wildman–Crippen LogP) is 2.01. The number of aromatic nitrogens is 1. The van der Waals surface area contributed by atoms with Gasteiger partial charge in [0.15, 0.2) is 0 Å². The Labute approximate surface area is 671 Å². The lowest BCUT2D eigenvalue weighted by molar-refractivity contribution is -0.143. The Balaban J connectivity index is 1.16. The van der Waals surface area contributed by atoms with Crippen molar-refractivity contribution in [1.29, 1.82) is 0 Å². The maximum Gasteiger partial charge on any atom is 0.326 e. The maximum atomic E-state index is 14.2. The number of aliphatic hydroxyl groups excluding tert-OH is 3. The zero-order valence-corrected chi connectivity index (χ0v) is 67.5. The summed E-state index contributed by atoms with van der Waals surface area (Å²) in [5.74, 6) is -14.5. The monoisotopic (exact) mass is 1610 g/mol. The molecule has 1 aliphatic rings. The van der Waals surface area contributed by atoms with Crippen molar-refractivity contribution in [2.45, 2.75) is 288 Å². The first-order valence-electron chi connectivity index (χ1n) is 40.1. The standard InChI is InChI=1S/C81H124N14O20/c1-9-49(6)68(77(109)94-70(51(8)98)79(111)89-58(41-48(4)5)73(105)91-61(81(114)115)43-53-45-84-55-33-28-27-32-54(53)55)92-71(103)56(37-38-64(82)99)86-76(108)63-34-29-39-95(63)67(102)36-26-21-19-17-15-13-11-10-12-14-16-18-20-25-35-66(101)85-62(46-96)75(107)93-69(50(7)97)78(110)88-57(40-47(2)3)72(104)87-59(44-65(83)100)74(106)90-60(80(112)113)42-52-30-23-22-24-31-52/h10-11,22-24,27-28,30-33,45,47-51,56-63,68-70,84,96-98H,9,12-21,25-26,29,34-44,46H2,1-8H3,(H2,82,99)(H2,83,100)(H,85,101)(H,86,108)(H,87,104)(H,88,110)(H,89,111)(H,90,106)(H,91,105)(H,92,103)(H,93,107)(H,94,109)(H,112,113)(H,114,115)/b11-10+/t49-,50-,51+,56-,57+,58-,59+,60+,61-,62+,63-,68-,69+,70-/m0/s1. The average Bonchev–Trinajstić information content (AvgIpc) is 1.62. The van der Waals surface area contributed by atoms with Crippen LogP contribution in [0.5, 0.6) is 0 Å². The number of carboxylic acid groups (broad SMARTS) is 2. The Morgan fingerprint density at radius 3 is 1.48 bits per heavy atom. The van der Waals surface area contributed by atoms with Gasteiger partial charge in [-0.25, -0.2) is 9.59 Å². The summed E-state index contributed by atoms with van der Waals surface area (Å²) in [7, 11) is 0. The van der Waals surface area contributed by atoms with Crippen molar-refractivity contribution in [3.8, 4) is 0 Å². The highest BCUT2D eigenvalue weighted by Gasteiger charge is 2.41. The van der Waals surface area contributed by atoms with Crippen LogP contribution in [0.25, 0.3) is 10.9 Å². The van der Waals surface area contributed by atoms with Crippen LogP contribution >= 0.6 is 0 Å². The van der Waals surface area contributed by atoms with Crippen LogP contribution in [-0.2, 0) is 84.8 Å². The Bertz CT molecular complexity index is 3740. The minimum absolute atomic E-state index is 0.0344. The second-order valence-corrected chi connectivity index (χ2v) is 30.7. The molecule has 14 atom stereocenters. The Morgan fingerprint density at radius 2 is 0.957 bits per heavy atom. The third-order valence-electron chi connectivity index (χ3n) is 20.0. The highest BCUT2D eigenvalue weighted by molar-refractivity contribution is 6.00. The molecule has 0 spiro atoms.